The molecule has 0 spiro atoms. The van der Waals surface area contributed by atoms with Gasteiger partial charge in [-0.2, -0.15) is 0 Å². The summed E-state index contributed by atoms with van der Waals surface area (Å²) in [4.78, 5) is 24.3. The highest BCUT2D eigenvalue weighted by Gasteiger charge is 2.08. The van der Waals surface area contributed by atoms with Crippen LogP contribution in [0.15, 0.2) is 41.8 Å². The molecule has 0 fully saturated rings. The van der Waals surface area contributed by atoms with Crippen LogP contribution in [0.5, 0.6) is 5.75 Å². The first kappa shape index (κ1) is 17.3. The van der Waals surface area contributed by atoms with Gasteiger partial charge in [-0.25, -0.2) is 4.79 Å². The van der Waals surface area contributed by atoms with Crippen LogP contribution < -0.4 is 10.1 Å². The molecule has 0 saturated heterocycles. The van der Waals surface area contributed by atoms with Gasteiger partial charge in [-0.05, 0) is 36.1 Å². The summed E-state index contributed by atoms with van der Waals surface area (Å²) in [7, 11) is 0. The van der Waals surface area contributed by atoms with Crippen LogP contribution in [-0.4, -0.2) is 31.6 Å². The summed E-state index contributed by atoms with van der Waals surface area (Å²) in [5.41, 5.74) is 0. The lowest BCUT2D eigenvalue weighted by molar-refractivity contribution is -0.150. The van der Waals surface area contributed by atoms with E-state index in [1.54, 1.807) is 35.6 Å². The van der Waals surface area contributed by atoms with E-state index in [9.17, 15) is 9.59 Å². The predicted molar refractivity (Wildman–Crippen MR) is 88.9 cm³/mol. The van der Waals surface area contributed by atoms with E-state index in [0.717, 1.165) is 6.42 Å². The third-order valence-electron chi connectivity index (χ3n) is 2.79. The number of ether oxygens (including phenoxy) is 2. The van der Waals surface area contributed by atoms with Crippen molar-refractivity contribution in [2.45, 2.75) is 6.42 Å². The fraction of sp³-hybridized carbons (Fsp3) is 0.250. The highest BCUT2D eigenvalue weighted by molar-refractivity contribution is 7.09. The summed E-state index contributed by atoms with van der Waals surface area (Å²) in [5.74, 6) is -0.481. The second kappa shape index (κ2) is 9.17. The van der Waals surface area contributed by atoms with Crippen LogP contribution in [0.25, 0.3) is 0 Å². The number of hydrogen-bond donors (Lipinski definition) is 1. The van der Waals surface area contributed by atoms with Crippen LogP contribution in [0.4, 0.5) is 0 Å². The van der Waals surface area contributed by atoms with Crippen molar-refractivity contribution in [1.29, 1.82) is 0 Å². The number of thiophene rings is 1. The van der Waals surface area contributed by atoms with Gasteiger partial charge in [0.05, 0.1) is 0 Å². The Labute approximate surface area is 143 Å². The summed E-state index contributed by atoms with van der Waals surface area (Å²) in [6, 6.07) is 10.6. The topological polar surface area (TPSA) is 64.6 Å². The number of benzene rings is 1. The van der Waals surface area contributed by atoms with Gasteiger partial charge in [0.15, 0.2) is 13.2 Å². The number of nitrogens with one attached hydrogen (secondary N) is 1. The fourth-order valence-electron chi connectivity index (χ4n) is 1.72. The van der Waals surface area contributed by atoms with Crippen LogP contribution in [-0.2, 0) is 20.7 Å². The number of halogens is 1. The third-order valence-corrected chi connectivity index (χ3v) is 3.96. The average Bonchev–Trinajstić information content (AvgIpc) is 3.04. The summed E-state index contributed by atoms with van der Waals surface area (Å²) in [5, 5.41) is 5.19. The monoisotopic (exact) mass is 353 g/mol. The van der Waals surface area contributed by atoms with E-state index in [4.69, 9.17) is 21.1 Å². The molecule has 2 rings (SSSR count). The number of amides is 1. The number of carbonyl (C=O) groups excluding carboxylic acids is 2. The van der Waals surface area contributed by atoms with Gasteiger partial charge in [-0.3, -0.25) is 4.79 Å². The first-order chi connectivity index (χ1) is 11.1. The first-order valence-electron chi connectivity index (χ1n) is 6.96. The lowest BCUT2D eigenvalue weighted by atomic mass is 10.3. The lowest BCUT2D eigenvalue weighted by Gasteiger charge is -2.07. The van der Waals surface area contributed by atoms with E-state index in [-0.39, 0.29) is 19.1 Å². The van der Waals surface area contributed by atoms with Gasteiger partial charge in [-0.1, -0.05) is 23.7 Å². The van der Waals surface area contributed by atoms with Crippen molar-refractivity contribution in [2.24, 2.45) is 0 Å². The molecular weight excluding hydrogens is 338 g/mol. The van der Waals surface area contributed by atoms with E-state index in [0.29, 0.717) is 17.3 Å². The standard InChI is InChI=1S/C16H16ClNO4S/c17-12-3-1-4-13(9-12)21-11-16(20)22-10-15(19)18-7-6-14-5-2-8-23-14/h1-5,8-9H,6-7,10-11H2,(H,18,19). The zero-order valence-corrected chi connectivity index (χ0v) is 13.9. The Balaban J connectivity index is 1.59. The van der Waals surface area contributed by atoms with E-state index in [1.165, 1.54) is 4.88 Å². The van der Waals surface area contributed by atoms with Crippen molar-refractivity contribution in [3.8, 4) is 5.75 Å². The van der Waals surface area contributed by atoms with Gasteiger partial charge in [-0.15, -0.1) is 11.3 Å². The van der Waals surface area contributed by atoms with Gasteiger partial charge in [0.1, 0.15) is 5.75 Å². The molecule has 0 aliphatic rings. The maximum atomic E-state index is 11.6. The molecule has 0 radical (unpaired) electrons. The smallest absolute Gasteiger partial charge is 0.344 e. The normalized spacial score (nSPS) is 10.1. The van der Waals surface area contributed by atoms with E-state index < -0.39 is 5.97 Å². The van der Waals surface area contributed by atoms with E-state index >= 15 is 0 Å². The van der Waals surface area contributed by atoms with Crippen molar-refractivity contribution in [3.63, 3.8) is 0 Å². The Kier molecular flexibility index (Phi) is 6.90. The first-order valence-corrected chi connectivity index (χ1v) is 8.22. The minimum atomic E-state index is -0.613. The Morgan fingerprint density at radius 1 is 1.17 bits per heavy atom. The van der Waals surface area contributed by atoms with Gasteiger partial charge in [0.25, 0.3) is 5.91 Å². The Bertz CT molecular complexity index is 645. The number of carbonyl (C=O) groups is 2. The Morgan fingerprint density at radius 3 is 2.78 bits per heavy atom. The van der Waals surface area contributed by atoms with Gasteiger partial charge < -0.3 is 14.8 Å². The molecule has 1 heterocycles. The highest BCUT2D eigenvalue weighted by atomic mass is 35.5. The SMILES string of the molecule is O=C(COC(=O)COc1cccc(Cl)c1)NCCc1cccs1. The van der Waals surface area contributed by atoms with Crippen LogP contribution in [0.3, 0.4) is 0 Å². The van der Waals surface area contributed by atoms with Crippen LogP contribution >= 0.6 is 22.9 Å². The van der Waals surface area contributed by atoms with Crippen molar-refractivity contribution in [1.82, 2.24) is 5.32 Å². The largest absolute Gasteiger partial charge is 0.482 e. The molecule has 0 aliphatic heterocycles. The molecule has 1 aromatic heterocycles. The van der Waals surface area contributed by atoms with Crippen molar-refractivity contribution in [2.75, 3.05) is 19.8 Å². The lowest BCUT2D eigenvalue weighted by Crippen LogP contribution is -2.31. The Hall–Kier alpha value is -2.05. The maximum absolute atomic E-state index is 11.6. The second-order valence-corrected chi connectivity index (χ2v) is 6.05. The van der Waals surface area contributed by atoms with E-state index in [2.05, 4.69) is 5.32 Å². The minimum absolute atomic E-state index is 0.275. The molecule has 7 heteroatoms. The number of rotatable bonds is 8. The average molecular weight is 354 g/mol. The Morgan fingerprint density at radius 2 is 2.04 bits per heavy atom. The molecule has 0 unspecified atom stereocenters. The minimum Gasteiger partial charge on any atom is -0.482 e. The van der Waals surface area contributed by atoms with Crippen LogP contribution in [0, 0.1) is 0 Å². The van der Waals surface area contributed by atoms with Gasteiger partial charge in [0, 0.05) is 16.4 Å². The summed E-state index contributed by atoms with van der Waals surface area (Å²) < 4.78 is 10.1. The molecule has 23 heavy (non-hydrogen) atoms. The molecule has 122 valence electrons. The summed E-state index contributed by atoms with van der Waals surface area (Å²) in [6.07, 6.45) is 0.759. The molecule has 0 atom stereocenters. The quantitative estimate of drug-likeness (QED) is 0.741. The van der Waals surface area contributed by atoms with Gasteiger partial charge >= 0.3 is 5.97 Å². The molecule has 5 nitrogen and oxygen atoms in total. The van der Waals surface area contributed by atoms with Crippen LogP contribution in [0.1, 0.15) is 4.88 Å². The predicted octanol–water partition coefficient (Wildman–Crippen LogP) is 2.68. The van der Waals surface area contributed by atoms with Crippen molar-refractivity contribution >= 4 is 34.8 Å². The molecule has 0 saturated carbocycles. The molecule has 2 aromatic rings. The zero-order chi connectivity index (χ0) is 16.5. The van der Waals surface area contributed by atoms with E-state index in [1.807, 2.05) is 17.5 Å². The second-order valence-electron chi connectivity index (χ2n) is 4.59. The van der Waals surface area contributed by atoms with Crippen LogP contribution in [0.2, 0.25) is 5.02 Å². The van der Waals surface area contributed by atoms with Crippen molar-refractivity contribution < 1.29 is 19.1 Å². The molecule has 1 N–H and O–H groups in total. The number of esters is 1. The summed E-state index contributed by atoms with van der Waals surface area (Å²) in [6.45, 7) is -0.0824. The highest BCUT2D eigenvalue weighted by Crippen LogP contribution is 2.16. The fourth-order valence-corrected chi connectivity index (χ4v) is 2.61. The van der Waals surface area contributed by atoms with Crippen molar-refractivity contribution in [3.05, 3.63) is 51.7 Å². The van der Waals surface area contributed by atoms with Gasteiger partial charge in [0.2, 0.25) is 0 Å². The molecule has 1 amide bonds. The molecule has 0 aliphatic carbocycles. The number of hydrogen-bond acceptors (Lipinski definition) is 5. The maximum Gasteiger partial charge on any atom is 0.344 e. The molecule has 1 aromatic carbocycles. The molecule has 0 bridgehead atoms. The zero-order valence-electron chi connectivity index (χ0n) is 12.3. The third kappa shape index (κ3) is 6.71. The summed E-state index contributed by atoms with van der Waals surface area (Å²) >= 11 is 7.44. The molecular formula is C16H16ClNO4S.